The molecule has 0 saturated heterocycles. The number of H-pyrrole nitrogens is 1. The van der Waals surface area contributed by atoms with Crippen molar-refractivity contribution in [1.82, 2.24) is 9.88 Å². The van der Waals surface area contributed by atoms with Gasteiger partial charge < -0.3 is 15.2 Å². The molecule has 22 heavy (non-hydrogen) atoms. The lowest BCUT2D eigenvalue weighted by Gasteiger charge is -2.21. The molecule has 0 aliphatic heterocycles. The molecule has 0 aliphatic carbocycles. The second kappa shape index (κ2) is 7.05. The number of hydrogen-bond donors (Lipinski definition) is 3. The lowest BCUT2D eigenvalue weighted by atomic mass is 10.0. The summed E-state index contributed by atoms with van der Waals surface area (Å²) in [6.07, 6.45) is 0. The van der Waals surface area contributed by atoms with Crippen LogP contribution in [0.3, 0.4) is 0 Å². The number of aliphatic hydroxyl groups excluding tert-OH is 2. The van der Waals surface area contributed by atoms with E-state index >= 15 is 0 Å². The number of aromatic amines is 1. The molecule has 0 spiro atoms. The topological polar surface area (TPSA) is 76.6 Å². The minimum atomic E-state index is 0.00281. The third kappa shape index (κ3) is 3.21. The van der Waals surface area contributed by atoms with Gasteiger partial charge in [-0.1, -0.05) is 6.07 Å². The van der Waals surface area contributed by atoms with E-state index in [1.54, 1.807) is 0 Å². The maximum Gasteiger partial charge on any atom is 0.194 e. The summed E-state index contributed by atoms with van der Waals surface area (Å²) in [5.74, 6) is 0. The van der Waals surface area contributed by atoms with Crippen LogP contribution in [0.15, 0.2) is 16.9 Å². The predicted molar refractivity (Wildman–Crippen MR) is 88.2 cm³/mol. The van der Waals surface area contributed by atoms with Crippen molar-refractivity contribution in [3.63, 3.8) is 0 Å². The Hall–Kier alpha value is -1.69. The summed E-state index contributed by atoms with van der Waals surface area (Å²) in [5, 5.41) is 18.9. The normalized spacial score (nSPS) is 11.5. The summed E-state index contributed by atoms with van der Waals surface area (Å²) in [4.78, 5) is 18.0. The third-order valence-electron chi connectivity index (χ3n) is 4.23. The Morgan fingerprint density at radius 1 is 1.09 bits per heavy atom. The highest BCUT2D eigenvalue weighted by Gasteiger charge is 2.14. The second-order valence-electron chi connectivity index (χ2n) is 5.71. The van der Waals surface area contributed by atoms with Crippen LogP contribution in [0.25, 0.3) is 10.9 Å². The Labute approximate surface area is 130 Å². The molecule has 0 radical (unpaired) electrons. The summed E-state index contributed by atoms with van der Waals surface area (Å²) in [5.41, 5.74) is 4.69. The van der Waals surface area contributed by atoms with Gasteiger partial charge in [-0.3, -0.25) is 9.69 Å². The molecule has 120 valence electrons. The Morgan fingerprint density at radius 2 is 1.73 bits per heavy atom. The average Bonchev–Trinajstić information content (AvgIpc) is 2.48. The van der Waals surface area contributed by atoms with Gasteiger partial charge in [-0.2, -0.15) is 0 Å². The Kier molecular flexibility index (Phi) is 5.34. The number of pyridine rings is 1. The van der Waals surface area contributed by atoms with E-state index in [2.05, 4.69) is 4.98 Å². The fraction of sp³-hybridized carbons (Fsp3) is 0.471. The highest BCUT2D eigenvalue weighted by Crippen LogP contribution is 2.19. The minimum Gasteiger partial charge on any atom is -0.395 e. The van der Waals surface area contributed by atoms with E-state index in [1.165, 1.54) is 0 Å². The van der Waals surface area contributed by atoms with Gasteiger partial charge in [-0.15, -0.1) is 0 Å². The number of aliphatic hydroxyl groups is 2. The van der Waals surface area contributed by atoms with E-state index in [4.69, 9.17) is 10.2 Å². The van der Waals surface area contributed by atoms with Gasteiger partial charge in [0.25, 0.3) is 0 Å². The number of nitrogens with one attached hydrogen (secondary N) is 1. The highest BCUT2D eigenvalue weighted by molar-refractivity contribution is 5.83. The van der Waals surface area contributed by atoms with E-state index in [0.29, 0.717) is 30.6 Å². The first-order valence-corrected chi connectivity index (χ1v) is 7.55. The van der Waals surface area contributed by atoms with Crippen LogP contribution in [0, 0.1) is 20.8 Å². The standard InChI is InChI=1S/C17H24N2O3/c1-11-4-5-14-16(12(11)2)18-13(3)15(17(14)22)10-19(6-8-20)7-9-21/h4-5,20-21H,6-10H2,1-3H3,(H,18,22). The molecule has 0 fully saturated rings. The van der Waals surface area contributed by atoms with Gasteiger partial charge in [0.05, 0.1) is 18.7 Å². The first kappa shape index (κ1) is 16.7. The van der Waals surface area contributed by atoms with Gasteiger partial charge >= 0.3 is 0 Å². The van der Waals surface area contributed by atoms with Gasteiger partial charge in [-0.25, -0.2) is 0 Å². The van der Waals surface area contributed by atoms with E-state index in [9.17, 15) is 4.79 Å². The zero-order valence-corrected chi connectivity index (χ0v) is 13.4. The Balaban J connectivity index is 2.51. The summed E-state index contributed by atoms with van der Waals surface area (Å²) in [6.45, 7) is 7.23. The number of aromatic nitrogens is 1. The predicted octanol–water partition coefficient (Wildman–Crippen LogP) is 1.24. The fourth-order valence-corrected chi connectivity index (χ4v) is 2.73. The van der Waals surface area contributed by atoms with Crippen LogP contribution in [0.5, 0.6) is 0 Å². The first-order valence-electron chi connectivity index (χ1n) is 7.55. The molecule has 0 amide bonds. The van der Waals surface area contributed by atoms with E-state index in [0.717, 1.165) is 22.3 Å². The van der Waals surface area contributed by atoms with Crippen molar-refractivity contribution in [3.8, 4) is 0 Å². The molecule has 0 saturated carbocycles. The highest BCUT2D eigenvalue weighted by atomic mass is 16.3. The molecule has 1 aromatic heterocycles. The second-order valence-corrected chi connectivity index (χ2v) is 5.71. The van der Waals surface area contributed by atoms with Crippen molar-refractivity contribution in [3.05, 3.63) is 44.7 Å². The first-order chi connectivity index (χ1) is 10.5. The van der Waals surface area contributed by atoms with Crippen LogP contribution in [-0.2, 0) is 6.54 Å². The number of nitrogens with zero attached hydrogens (tertiary/aromatic N) is 1. The molecule has 2 rings (SSSR count). The smallest absolute Gasteiger partial charge is 0.194 e. The van der Waals surface area contributed by atoms with E-state index in [1.807, 2.05) is 37.8 Å². The van der Waals surface area contributed by atoms with Crippen LogP contribution < -0.4 is 5.43 Å². The minimum absolute atomic E-state index is 0.00281. The monoisotopic (exact) mass is 304 g/mol. The van der Waals surface area contributed by atoms with Crippen molar-refractivity contribution >= 4 is 10.9 Å². The van der Waals surface area contributed by atoms with Gasteiger partial charge in [0.15, 0.2) is 5.43 Å². The van der Waals surface area contributed by atoms with Crippen LogP contribution in [0.2, 0.25) is 0 Å². The molecule has 1 aromatic carbocycles. The number of aryl methyl sites for hydroxylation is 3. The average molecular weight is 304 g/mol. The molecule has 5 nitrogen and oxygen atoms in total. The molecule has 2 aromatic rings. The molecule has 1 heterocycles. The van der Waals surface area contributed by atoms with Gasteiger partial charge in [0.2, 0.25) is 0 Å². The zero-order chi connectivity index (χ0) is 16.3. The van der Waals surface area contributed by atoms with Gasteiger partial charge in [-0.05, 0) is 38.0 Å². The van der Waals surface area contributed by atoms with Crippen molar-refractivity contribution in [1.29, 1.82) is 0 Å². The Morgan fingerprint density at radius 3 is 2.32 bits per heavy atom. The molecule has 3 N–H and O–H groups in total. The van der Waals surface area contributed by atoms with Crippen LogP contribution in [-0.4, -0.2) is 46.4 Å². The van der Waals surface area contributed by atoms with Crippen molar-refractivity contribution < 1.29 is 10.2 Å². The Bertz CT molecular complexity index is 716. The van der Waals surface area contributed by atoms with E-state index in [-0.39, 0.29) is 18.6 Å². The molecule has 0 unspecified atom stereocenters. The maximum atomic E-state index is 12.8. The van der Waals surface area contributed by atoms with Crippen molar-refractivity contribution in [2.45, 2.75) is 27.3 Å². The number of rotatable bonds is 6. The molecular weight excluding hydrogens is 280 g/mol. The number of benzene rings is 1. The number of fused-ring (bicyclic) bond motifs is 1. The van der Waals surface area contributed by atoms with Gasteiger partial charge in [0, 0.05) is 36.3 Å². The van der Waals surface area contributed by atoms with E-state index < -0.39 is 0 Å². The lowest BCUT2D eigenvalue weighted by molar-refractivity contribution is 0.155. The molecule has 5 heteroatoms. The quantitative estimate of drug-likeness (QED) is 0.750. The zero-order valence-electron chi connectivity index (χ0n) is 13.4. The summed E-state index contributed by atoms with van der Waals surface area (Å²) >= 11 is 0. The fourth-order valence-electron chi connectivity index (χ4n) is 2.73. The maximum absolute atomic E-state index is 12.8. The summed E-state index contributed by atoms with van der Waals surface area (Å²) in [7, 11) is 0. The third-order valence-corrected chi connectivity index (χ3v) is 4.23. The number of hydrogen-bond acceptors (Lipinski definition) is 4. The van der Waals surface area contributed by atoms with Crippen LogP contribution in [0.1, 0.15) is 22.4 Å². The summed E-state index contributed by atoms with van der Waals surface area (Å²) in [6, 6.07) is 3.83. The lowest BCUT2D eigenvalue weighted by Crippen LogP contribution is -2.32. The SMILES string of the molecule is Cc1ccc2c(=O)c(CN(CCO)CCO)c(C)[nH]c2c1C. The molecule has 0 atom stereocenters. The molecular formula is C17H24N2O3. The van der Waals surface area contributed by atoms with Crippen molar-refractivity contribution in [2.24, 2.45) is 0 Å². The largest absolute Gasteiger partial charge is 0.395 e. The van der Waals surface area contributed by atoms with Crippen LogP contribution >= 0.6 is 0 Å². The molecule has 0 aliphatic rings. The molecule has 0 bridgehead atoms. The van der Waals surface area contributed by atoms with Crippen LogP contribution in [0.4, 0.5) is 0 Å². The summed E-state index contributed by atoms with van der Waals surface area (Å²) < 4.78 is 0. The van der Waals surface area contributed by atoms with Gasteiger partial charge in [0.1, 0.15) is 0 Å². The van der Waals surface area contributed by atoms with Crippen molar-refractivity contribution in [2.75, 3.05) is 26.3 Å².